The molecule has 0 bridgehead atoms. The lowest BCUT2D eigenvalue weighted by Gasteiger charge is -2.15. The Labute approximate surface area is 143 Å². The number of aryl methyl sites for hydroxylation is 2. The third-order valence-corrected chi connectivity index (χ3v) is 4.44. The molecule has 0 saturated heterocycles. The summed E-state index contributed by atoms with van der Waals surface area (Å²) in [6.45, 7) is 2.33. The van der Waals surface area contributed by atoms with Crippen LogP contribution in [0.3, 0.4) is 0 Å². The van der Waals surface area contributed by atoms with Gasteiger partial charge < -0.3 is 5.32 Å². The molecular formula is C17H17ClN4O2. The first-order valence-electron chi connectivity index (χ1n) is 7.44. The van der Waals surface area contributed by atoms with E-state index in [2.05, 4.69) is 10.3 Å². The molecule has 3 aromatic rings. The first-order chi connectivity index (χ1) is 11.4. The van der Waals surface area contributed by atoms with Crippen LogP contribution in [-0.2, 0) is 20.6 Å². The first-order valence-corrected chi connectivity index (χ1v) is 7.82. The van der Waals surface area contributed by atoms with Crippen LogP contribution in [0.5, 0.6) is 0 Å². The van der Waals surface area contributed by atoms with Crippen LogP contribution in [-0.4, -0.2) is 14.1 Å². The van der Waals surface area contributed by atoms with Crippen molar-refractivity contribution in [2.45, 2.75) is 13.5 Å². The van der Waals surface area contributed by atoms with Crippen molar-refractivity contribution >= 4 is 28.3 Å². The van der Waals surface area contributed by atoms with E-state index in [0.29, 0.717) is 28.3 Å². The maximum atomic E-state index is 12.6. The number of benzene rings is 1. The Kier molecular flexibility index (Phi) is 4.15. The van der Waals surface area contributed by atoms with E-state index in [1.807, 2.05) is 31.2 Å². The quantitative estimate of drug-likeness (QED) is 0.791. The van der Waals surface area contributed by atoms with Crippen molar-refractivity contribution in [3.8, 4) is 0 Å². The summed E-state index contributed by atoms with van der Waals surface area (Å²) >= 11 is 6.19. The Bertz CT molecular complexity index is 1050. The van der Waals surface area contributed by atoms with Crippen LogP contribution in [0.4, 0.5) is 5.69 Å². The van der Waals surface area contributed by atoms with Crippen LogP contribution in [0.1, 0.15) is 11.1 Å². The Hall–Kier alpha value is -2.60. The average Bonchev–Trinajstić information content (AvgIpc) is 2.58. The molecule has 6 nitrogen and oxygen atoms in total. The SMILES string of the molecule is Cc1cnc2c(c1NCc1ccccc1Cl)c(=O)n(C)c(=O)n2C. The van der Waals surface area contributed by atoms with E-state index in [-0.39, 0.29) is 5.56 Å². The van der Waals surface area contributed by atoms with E-state index in [9.17, 15) is 9.59 Å². The van der Waals surface area contributed by atoms with Crippen LogP contribution in [0.2, 0.25) is 5.02 Å². The standard InChI is InChI=1S/C17H17ClN4O2/c1-10-8-20-15-13(16(23)22(3)17(24)21(15)2)14(10)19-9-11-6-4-5-7-12(11)18/h4-8H,9H2,1-3H3,(H,19,20). The summed E-state index contributed by atoms with van der Waals surface area (Å²) in [5.74, 6) is 0. The molecule has 0 spiro atoms. The maximum absolute atomic E-state index is 12.6. The molecule has 124 valence electrons. The van der Waals surface area contributed by atoms with Crippen LogP contribution < -0.4 is 16.6 Å². The monoisotopic (exact) mass is 344 g/mol. The molecule has 2 heterocycles. The fraction of sp³-hybridized carbons (Fsp3) is 0.235. The highest BCUT2D eigenvalue weighted by Gasteiger charge is 2.15. The van der Waals surface area contributed by atoms with Gasteiger partial charge in [0.25, 0.3) is 5.56 Å². The van der Waals surface area contributed by atoms with Crippen LogP contribution in [0.25, 0.3) is 11.0 Å². The molecule has 1 aromatic carbocycles. The number of rotatable bonds is 3. The molecule has 24 heavy (non-hydrogen) atoms. The summed E-state index contributed by atoms with van der Waals surface area (Å²) in [5.41, 5.74) is 1.99. The normalized spacial score (nSPS) is 11.0. The second-order valence-electron chi connectivity index (χ2n) is 5.67. The van der Waals surface area contributed by atoms with Gasteiger partial charge in [0.05, 0.1) is 5.69 Å². The van der Waals surface area contributed by atoms with Gasteiger partial charge in [-0.2, -0.15) is 0 Å². The zero-order valence-electron chi connectivity index (χ0n) is 13.6. The van der Waals surface area contributed by atoms with Crippen molar-refractivity contribution in [1.82, 2.24) is 14.1 Å². The number of fused-ring (bicyclic) bond motifs is 1. The third-order valence-electron chi connectivity index (χ3n) is 4.07. The number of nitrogens with zero attached hydrogens (tertiary/aromatic N) is 3. The Morgan fingerprint density at radius 2 is 1.88 bits per heavy atom. The van der Waals surface area contributed by atoms with Crippen molar-refractivity contribution in [2.75, 3.05) is 5.32 Å². The van der Waals surface area contributed by atoms with E-state index in [1.54, 1.807) is 13.2 Å². The highest BCUT2D eigenvalue weighted by atomic mass is 35.5. The zero-order valence-corrected chi connectivity index (χ0v) is 14.4. The number of hydrogen-bond donors (Lipinski definition) is 1. The summed E-state index contributed by atoms with van der Waals surface area (Å²) in [4.78, 5) is 28.9. The van der Waals surface area contributed by atoms with Gasteiger partial charge in [0.15, 0.2) is 5.65 Å². The molecule has 0 unspecified atom stereocenters. The van der Waals surface area contributed by atoms with Crippen molar-refractivity contribution in [1.29, 1.82) is 0 Å². The van der Waals surface area contributed by atoms with Gasteiger partial charge in [-0.15, -0.1) is 0 Å². The molecule has 2 aromatic heterocycles. The van der Waals surface area contributed by atoms with E-state index < -0.39 is 5.69 Å². The number of pyridine rings is 1. The third kappa shape index (κ3) is 2.59. The van der Waals surface area contributed by atoms with Gasteiger partial charge in [0.2, 0.25) is 0 Å². The minimum absolute atomic E-state index is 0.357. The maximum Gasteiger partial charge on any atom is 0.332 e. The molecule has 0 aliphatic heterocycles. The number of nitrogens with one attached hydrogen (secondary N) is 1. The molecule has 7 heteroatoms. The second-order valence-corrected chi connectivity index (χ2v) is 6.07. The minimum atomic E-state index is -0.402. The van der Waals surface area contributed by atoms with Gasteiger partial charge in [-0.25, -0.2) is 9.78 Å². The second kappa shape index (κ2) is 6.13. The highest BCUT2D eigenvalue weighted by Crippen LogP contribution is 2.23. The summed E-state index contributed by atoms with van der Waals surface area (Å²) in [6.07, 6.45) is 1.65. The van der Waals surface area contributed by atoms with Crippen molar-refractivity contribution in [3.05, 3.63) is 67.4 Å². The smallest absolute Gasteiger partial charge is 0.332 e. The number of halogens is 1. The van der Waals surface area contributed by atoms with Crippen molar-refractivity contribution < 1.29 is 0 Å². The molecule has 0 aliphatic rings. The van der Waals surface area contributed by atoms with Gasteiger partial charge >= 0.3 is 5.69 Å². The number of aromatic nitrogens is 3. The molecule has 0 amide bonds. The predicted octanol–water partition coefficient (Wildman–Crippen LogP) is 2.21. The summed E-state index contributed by atoms with van der Waals surface area (Å²) in [5, 5.41) is 4.32. The highest BCUT2D eigenvalue weighted by molar-refractivity contribution is 6.31. The fourth-order valence-corrected chi connectivity index (χ4v) is 2.88. The minimum Gasteiger partial charge on any atom is -0.380 e. The Morgan fingerprint density at radius 3 is 2.58 bits per heavy atom. The first kappa shape index (κ1) is 16.3. The number of hydrogen-bond acceptors (Lipinski definition) is 4. The summed E-state index contributed by atoms with van der Waals surface area (Å²) < 4.78 is 2.46. The summed E-state index contributed by atoms with van der Waals surface area (Å²) in [7, 11) is 3.06. The molecule has 0 saturated carbocycles. The van der Waals surface area contributed by atoms with Gasteiger partial charge in [-0.05, 0) is 24.1 Å². The molecule has 1 N–H and O–H groups in total. The van der Waals surface area contributed by atoms with Crippen LogP contribution in [0.15, 0.2) is 40.1 Å². The summed E-state index contributed by atoms with van der Waals surface area (Å²) in [6, 6.07) is 7.51. The Balaban J connectivity index is 2.17. The van der Waals surface area contributed by atoms with Gasteiger partial charge in [0, 0.05) is 31.9 Å². The molecule has 3 rings (SSSR count). The lowest BCUT2D eigenvalue weighted by atomic mass is 10.1. The number of anilines is 1. The largest absolute Gasteiger partial charge is 0.380 e. The molecule has 0 fully saturated rings. The zero-order chi connectivity index (χ0) is 17.4. The lowest BCUT2D eigenvalue weighted by molar-refractivity contribution is 0.707. The molecular weight excluding hydrogens is 328 g/mol. The van der Waals surface area contributed by atoms with E-state index in [4.69, 9.17) is 11.6 Å². The van der Waals surface area contributed by atoms with Gasteiger partial charge in [0.1, 0.15) is 5.39 Å². The van der Waals surface area contributed by atoms with E-state index >= 15 is 0 Å². The van der Waals surface area contributed by atoms with Crippen molar-refractivity contribution in [3.63, 3.8) is 0 Å². The topological polar surface area (TPSA) is 68.9 Å². The van der Waals surface area contributed by atoms with E-state index in [1.165, 1.54) is 11.6 Å². The van der Waals surface area contributed by atoms with Gasteiger partial charge in [-0.3, -0.25) is 13.9 Å². The van der Waals surface area contributed by atoms with Crippen LogP contribution in [0, 0.1) is 6.92 Å². The van der Waals surface area contributed by atoms with E-state index in [0.717, 1.165) is 15.7 Å². The predicted molar refractivity (Wildman–Crippen MR) is 95.7 cm³/mol. The molecule has 0 radical (unpaired) electrons. The fourth-order valence-electron chi connectivity index (χ4n) is 2.68. The molecule has 0 atom stereocenters. The van der Waals surface area contributed by atoms with Crippen molar-refractivity contribution in [2.24, 2.45) is 14.1 Å². The van der Waals surface area contributed by atoms with Gasteiger partial charge in [-0.1, -0.05) is 29.8 Å². The molecule has 0 aliphatic carbocycles. The Morgan fingerprint density at radius 1 is 1.17 bits per heavy atom. The lowest BCUT2D eigenvalue weighted by Crippen LogP contribution is -2.37. The average molecular weight is 345 g/mol. The van der Waals surface area contributed by atoms with Crippen LogP contribution >= 0.6 is 11.6 Å².